The summed E-state index contributed by atoms with van der Waals surface area (Å²) in [4.78, 5) is 6.85. The first-order chi connectivity index (χ1) is 11.7. The highest BCUT2D eigenvalue weighted by atomic mass is 16.5. The molecule has 3 rings (SSSR count). The first-order valence-electron chi connectivity index (χ1n) is 8.76. The van der Waals surface area contributed by atoms with E-state index >= 15 is 0 Å². The van der Waals surface area contributed by atoms with Gasteiger partial charge in [-0.1, -0.05) is 30.3 Å². The zero-order valence-corrected chi connectivity index (χ0v) is 14.6. The van der Waals surface area contributed by atoms with Crippen molar-refractivity contribution in [2.75, 3.05) is 13.1 Å². The van der Waals surface area contributed by atoms with Crippen molar-refractivity contribution in [3.63, 3.8) is 0 Å². The molecule has 0 bridgehead atoms. The summed E-state index contributed by atoms with van der Waals surface area (Å²) in [5, 5.41) is 3.51. The fourth-order valence-electron chi connectivity index (χ4n) is 3.37. The number of pyridine rings is 1. The molecule has 4 nitrogen and oxygen atoms in total. The summed E-state index contributed by atoms with van der Waals surface area (Å²) in [5.41, 5.74) is 3.83. The molecule has 2 atom stereocenters. The molecule has 2 unspecified atom stereocenters. The molecule has 128 valence electrons. The van der Waals surface area contributed by atoms with Crippen LogP contribution >= 0.6 is 0 Å². The predicted octanol–water partition coefficient (Wildman–Crippen LogP) is 2.98. The first kappa shape index (κ1) is 17.1. The van der Waals surface area contributed by atoms with Crippen molar-refractivity contribution >= 4 is 0 Å². The molecular weight excluding hydrogens is 298 g/mol. The fraction of sp³-hybridized carbons (Fsp3) is 0.450. The second-order valence-corrected chi connectivity index (χ2v) is 6.64. The first-order valence-corrected chi connectivity index (χ1v) is 8.76. The molecule has 0 aliphatic carbocycles. The fourth-order valence-corrected chi connectivity index (χ4v) is 3.37. The molecule has 0 amide bonds. The average molecular weight is 325 g/mol. The Balaban J connectivity index is 1.58. The topological polar surface area (TPSA) is 37.4 Å². The van der Waals surface area contributed by atoms with Gasteiger partial charge in [-0.05, 0) is 37.1 Å². The van der Waals surface area contributed by atoms with Gasteiger partial charge in [0.05, 0.1) is 17.9 Å². The van der Waals surface area contributed by atoms with E-state index in [9.17, 15) is 0 Å². The number of morpholine rings is 1. The number of nitrogens with zero attached hydrogens (tertiary/aromatic N) is 2. The SMILES string of the molecule is CC1CN(Cc2ccccc2CNCc2ccccn2)CC(C)O1. The Morgan fingerprint density at radius 2 is 1.71 bits per heavy atom. The molecule has 24 heavy (non-hydrogen) atoms. The van der Waals surface area contributed by atoms with Gasteiger partial charge in [0, 0.05) is 38.9 Å². The Kier molecular flexibility index (Phi) is 5.96. The Morgan fingerprint density at radius 3 is 2.42 bits per heavy atom. The molecular formula is C20H27N3O. The van der Waals surface area contributed by atoms with E-state index in [-0.39, 0.29) is 0 Å². The van der Waals surface area contributed by atoms with Crippen LogP contribution in [-0.4, -0.2) is 35.2 Å². The van der Waals surface area contributed by atoms with Gasteiger partial charge in [-0.25, -0.2) is 0 Å². The maximum atomic E-state index is 5.84. The van der Waals surface area contributed by atoms with E-state index in [0.717, 1.165) is 38.4 Å². The lowest BCUT2D eigenvalue weighted by Crippen LogP contribution is -2.45. The standard InChI is InChI=1S/C20H27N3O/c1-16-13-23(14-17(2)24-16)15-19-8-4-3-7-18(19)11-21-12-20-9-5-6-10-22-20/h3-10,16-17,21H,11-15H2,1-2H3. The van der Waals surface area contributed by atoms with E-state index < -0.39 is 0 Å². The minimum Gasteiger partial charge on any atom is -0.373 e. The van der Waals surface area contributed by atoms with Crippen molar-refractivity contribution in [3.05, 3.63) is 65.5 Å². The Labute approximate surface area is 144 Å². The number of hydrogen-bond acceptors (Lipinski definition) is 4. The number of benzene rings is 1. The maximum absolute atomic E-state index is 5.84. The largest absolute Gasteiger partial charge is 0.373 e. The van der Waals surface area contributed by atoms with Crippen LogP contribution in [0.15, 0.2) is 48.7 Å². The van der Waals surface area contributed by atoms with Gasteiger partial charge in [0.25, 0.3) is 0 Å². The van der Waals surface area contributed by atoms with Crippen molar-refractivity contribution < 1.29 is 4.74 Å². The van der Waals surface area contributed by atoms with Crippen LogP contribution in [0.3, 0.4) is 0 Å². The minimum absolute atomic E-state index is 0.309. The third kappa shape index (κ3) is 4.87. The molecule has 1 saturated heterocycles. The van der Waals surface area contributed by atoms with Crippen LogP contribution in [-0.2, 0) is 24.4 Å². The molecule has 0 radical (unpaired) electrons. The summed E-state index contributed by atoms with van der Waals surface area (Å²) in [6.45, 7) is 8.95. The Bertz CT molecular complexity index is 622. The molecule has 0 saturated carbocycles. The molecule has 1 aromatic carbocycles. The highest BCUT2D eigenvalue weighted by Gasteiger charge is 2.22. The second kappa shape index (κ2) is 8.38. The van der Waals surface area contributed by atoms with Crippen LogP contribution in [0.4, 0.5) is 0 Å². The molecule has 4 heteroatoms. The smallest absolute Gasteiger partial charge is 0.0678 e. The summed E-state index contributed by atoms with van der Waals surface area (Å²) < 4.78 is 5.84. The van der Waals surface area contributed by atoms with Crippen molar-refractivity contribution in [1.29, 1.82) is 0 Å². The van der Waals surface area contributed by atoms with E-state index in [1.165, 1.54) is 11.1 Å². The normalized spacial score (nSPS) is 21.8. The lowest BCUT2D eigenvalue weighted by atomic mass is 10.1. The molecule has 1 N–H and O–H groups in total. The molecule has 1 aromatic heterocycles. The molecule has 1 fully saturated rings. The lowest BCUT2D eigenvalue weighted by molar-refractivity contribution is -0.0705. The van der Waals surface area contributed by atoms with Crippen LogP contribution in [0, 0.1) is 0 Å². The molecule has 2 aromatic rings. The third-order valence-electron chi connectivity index (χ3n) is 4.36. The average Bonchev–Trinajstić information content (AvgIpc) is 2.56. The summed E-state index contributed by atoms with van der Waals surface area (Å²) >= 11 is 0. The van der Waals surface area contributed by atoms with Gasteiger partial charge >= 0.3 is 0 Å². The van der Waals surface area contributed by atoms with Gasteiger partial charge in [0.15, 0.2) is 0 Å². The molecule has 1 aliphatic rings. The Morgan fingerprint density at radius 1 is 1.00 bits per heavy atom. The van der Waals surface area contributed by atoms with Crippen molar-refractivity contribution in [2.24, 2.45) is 0 Å². The van der Waals surface area contributed by atoms with E-state index in [0.29, 0.717) is 12.2 Å². The molecule has 1 aliphatic heterocycles. The predicted molar refractivity (Wildman–Crippen MR) is 96.5 cm³/mol. The third-order valence-corrected chi connectivity index (χ3v) is 4.36. The van der Waals surface area contributed by atoms with Crippen LogP contribution in [0.25, 0.3) is 0 Å². The van der Waals surface area contributed by atoms with Crippen LogP contribution < -0.4 is 5.32 Å². The number of ether oxygens (including phenoxy) is 1. The molecule has 0 spiro atoms. The molecule has 2 heterocycles. The van der Waals surface area contributed by atoms with E-state index in [4.69, 9.17) is 4.74 Å². The zero-order chi connectivity index (χ0) is 16.8. The van der Waals surface area contributed by atoms with Crippen LogP contribution in [0.1, 0.15) is 30.7 Å². The van der Waals surface area contributed by atoms with E-state index in [2.05, 4.69) is 59.4 Å². The summed E-state index contributed by atoms with van der Waals surface area (Å²) in [6.07, 6.45) is 2.46. The van der Waals surface area contributed by atoms with Crippen molar-refractivity contribution in [3.8, 4) is 0 Å². The van der Waals surface area contributed by atoms with Gasteiger partial charge in [-0.2, -0.15) is 0 Å². The number of aromatic nitrogens is 1. The van der Waals surface area contributed by atoms with Gasteiger partial charge in [0.1, 0.15) is 0 Å². The van der Waals surface area contributed by atoms with E-state index in [1.807, 2.05) is 18.3 Å². The lowest BCUT2D eigenvalue weighted by Gasteiger charge is -2.35. The number of hydrogen-bond donors (Lipinski definition) is 1. The second-order valence-electron chi connectivity index (χ2n) is 6.64. The highest BCUT2D eigenvalue weighted by molar-refractivity contribution is 5.27. The monoisotopic (exact) mass is 325 g/mol. The minimum atomic E-state index is 0.309. The zero-order valence-electron chi connectivity index (χ0n) is 14.6. The van der Waals surface area contributed by atoms with Gasteiger partial charge in [-0.3, -0.25) is 9.88 Å². The van der Waals surface area contributed by atoms with Gasteiger partial charge in [-0.15, -0.1) is 0 Å². The summed E-state index contributed by atoms with van der Waals surface area (Å²) in [6, 6.07) is 14.7. The summed E-state index contributed by atoms with van der Waals surface area (Å²) in [7, 11) is 0. The Hall–Kier alpha value is -1.75. The van der Waals surface area contributed by atoms with Gasteiger partial charge in [0.2, 0.25) is 0 Å². The number of rotatable bonds is 6. The highest BCUT2D eigenvalue weighted by Crippen LogP contribution is 2.17. The van der Waals surface area contributed by atoms with E-state index in [1.54, 1.807) is 0 Å². The van der Waals surface area contributed by atoms with Crippen molar-refractivity contribution in [2.45, 2.75) is 45.7 Å². The maximum Gasteiger partial charge on any atom is 0.0678 e. The number of nitrogens with one attached hydrogen (secondary N) is 1. The van der Waals surface area contributed by atoms with Crippen LogP contribution in [0.5, 0.6) is 0 Å². The summed E-state index contributed by atoms with van der Waals surface area (Å²) in [5.74, 6) is 0. The van der Waals surface area contributed by atoms with Crippen molar-refractivity contribution in [1.82, 2.24) is 15.2 Å². The van der Waals surface area contributed by atoms with Gasteiger partial charge < -0.3 is 10.1 Å². The quantitative estimate of drug-likeness (QED) is 0.886. The van der Waals surface area contributed by atoms with Crippen LogP contribution in [0.2, 0.25) is 0 Å².